The van der Waals surface area contributed by atoms with Crippen LogP contribution in [0.2, 0.25) is 0 Å². The van der Waals surface area contributed by atoms with Crippen molar-refractivity contribution in [2.24, 2.45) is 5.14 Å². The highest BCUT2D eigenvalue weighted by Gasteiger charge is 2.28. The lowest BCUT2D eigenvalue weighted by molar-refractivity contribution is 0.0726. The average Bonchev–Trinajstić information content (AvgIpc) is 2.68. The Balaban J connectivity index is 1.93. The Morgan fingerprint density at radius 2 is 1.64 bits per heavy atom. The standard InChI is InChI=1S/C19H22N2O6S/c1-25-14-6-12(7-15(9-14)26-2)11-21-5-4-13-8-18(28(20,23)24)17(27-3)10-16(13)19(21)22/h6-10H,4-5,11H2,1-3H3,(H2,20,23,24). The van der Waals surface area contributed by atoms with Crippen LogP contribution in [0.5, 0.6) is 17.2 Å². The van der Waals surface area contributed by atoms with Crippen LogP contribution in [-0.4, -0.2) is 47.1 Å². The summed E-state index contributed by atoms with van der Waals surface area (Å²) in [6.07, 6.45) is 0.509. The third kappa shape index (κ3) is 3.90. The van der Waals surface area contributed by atoms with Gasteiger partial charge in [-0.1, -0.05) is 0 Å². The zero-order valence-electron chi connectivity index (χ0n) is 15.9. The van der Waals surface area contributed by atoms with Crippen molar-refractivity contribution in [2.45, 2.75) is 17.9 Å². The minimum atomic E-state index is -3.95. The molecule has 0 radical (unpaired) electrons. The molecule has 1 heterocycles. The van der Waals surface area contributed by atoms with Crippen LogP contribution in [0.15, 0.2) is 35.2 Å². The largest absolute Gasteiger partial charge is 0.497 e. The first-order chi connectivity index (χ1) is 13.3. The molecule has 0 saturated carbocycles. The van der Waals surface area contributed by atoms with Crippen molar-refractivity contribution in [1.29, 1.82) is 0 Å². The summed E-state index contributed by atoms with van der Waals surface area (Å²) in [6, 6.07) is 8.31. The number of hydrogen-bond donors (Lipinski definition) is 1. The van der Waals surface area contributed by atoms with Crippen LogP contribution in [0.25, 0.3) is 0 Å². The summed E-state index contributed by atoms with van der Waals surface area (Å²) in [5, 5.41) is 5.26. The topological polar surface area (TPSA) is 108 Å². The molecule has 0 unspecified atom stereocenters. The molecule has 0 spiro atoms. The van der Waals surface area contributed by atoms with Gasteiger partial charge in [0.05, 0.1) is 21.3 Å². The number of primary sulfonamides is 1. The molecule has 1 amide bonds. The Hall–Kier alpha value is -2.78. The van der Waals surface area contributed by atoms with Gasteiger partial charge in [0.2, 0.25) is 10.0 Å². The number of ether oxygens (including phenoxy) is 3. The second kappa shape index (κ2) is 7.69. The van der Waals surface area contributed by atoms with Gasteiger partial charge in [0.1, 0.15) is 22.1 Å². The summed E-state index contributed by atoms with van der Waals surface area (Å²) in [5.74, 6) is 1.12. The fraction of sp³-hybridized carbons (Fsp3) is 0.316. The van der Waals surface area contributed by atoms with E-state index < -0.39 is 10.0 Å². The Labute approximate surface area is 163 Å². The molecule has 2 aromatic rings. The van der Waals surface area contributed by atoms with Crippen molar-refractivity contribution >= 4 is 15.9 Å². The molecule has 0 fully saturated rings. The van der Waals surface area contributed by atoms with Crippen LogP contribution in [0, 0.1) is 0 Å². The number of hydrogen-bond acceptors (Lipinski definition) is 6. The van der Waals surface area contributed by atoms with Gasteiger partial charge >= 0.3 is 0 Å². The lowest BCUT2D eigenvalue weighted by Crippen LogP contribution is -2.37. The molecule has 0 aromatic heterocycles. The van der Waals surface area contributed by atoms with Crippen LogP contribution in [0.4, 0.5) is 0 Å². The Bertz CT molecular complexity index is 997. The second-order valence-corrected chi connectivity index (χ2v) is 7.93. The van der Waals surface area contributed by atoms with E-state index in [-0.39, 0.29) is 16.6 Å². The molecule has 0 bridgehead atoms. The van der Waals surface area contributed by atoms with Crippen molar-refractivity contribution in [1.82, 2.24) is 4.90 Å². The van der Waals surface area contributed by atoms with Gasteiger partial charge < -0.3 is 19.1 Å². The van der Waals surface area contributed by atoms with Gasteiger partial charge in [0.25, 0.3) is 5.91 Å². The molecule has 150 valence electrons. The van der Waals surface area contributed by atoms with E-state index in [1.165, 1.54) is 19.2 Å². The molecule has 2 N–H and O–H groups in total. The van der Waals surface area contributed by atoms with Crippen LogP contribution < -0.4 is 19.3 Å². The highest BCUT2D eigenvalue weighted by atomic mass is 32.2. The number of carbonyl (C=O) groups is 1. The third-order valence-corrected chi connectivity index (χ3v) is 5.58. The van der Waals surface area contributed by atoms with E-state index in [9.17, 15) is 13.2 Å². The number of fused-ring (bicyclic) bond motifs is 1. The van der Waals surface area contributed by atoms with Crippen molar-refractivity contribution in [3.05, 3.63) is 47.0 Å². The van der Waals surface area contributed by atoms with Gasteiger partial charge in [0, 0.05) is 24.7 Å². The molecular formula is C19H22N2O6S. The average molecular weight is 406 g/mol. The second-order valence-electron chi connectivity index (χ2n) is 6.40. The van der Waals surface area contributed by atoms with Crippen LogP contribution >= 0.6 is 0 Å². The summed E-state index contributed by atoms with van der Waals surface area (Å²) in [4.78, 5) is 14.6. The zero-order chi connectivity index (χ0) is 20.5. The minimum Gasteiger partial charge on any atom is -0.497 e. The first-order valence-electron chi connectivity index (χ1n) is 8.51. The van der Waals surface area contributed by atoms with E-state index in [4.69, 9.17) is 19.3 Å². The number of nitrogens with two attached hydrogens (primary N) is 1. The molecule has 28 heavy (non-hydrogen) atoms. The van der Waals surface area contributed by atoms with Gasteiger partial charge in [-0.25, -0.2) is 13.6 Å². The monoisotopic (exact) mass is 406 g/mol. The normalized spacial score (nSPS) is 13.9. The van der Waals surface area contributed by atoms with Gasteiger partial charge in [-0.3, -0.25) is 4.79 Å². The van der Waals surface area contributed by atoms with E-state index in [1.54, 1.807) is 25.2 Å². The number of benzene rings is 2. The smallest absolute Gasteiger partial charge is 0.254 e. The third-order valence-electron chi connectivity index (χ3n) is 4.65. The summed E-state index contributed by atoms with van der Waals surface area (Å²) in [5.41, 5.74) is 1.90. The lowest BCUT2D eigenvalue weighted by atomic mass is 9.98. The summed E-state index contributed by atoms with van der Waals surface area (Å²) in [6.45, 7) is 0.812. The summed E-state index contributed by atoms with van der Waals surface area (Å²) >= 11 is 0. The van der Waals surface area contributed by atoms with Gasteiger partial charge in [0.15, 0.2) is 0 Å². The predicted molar refractivity (Wildman–Crippen MR) is 102 cm³/mol. The highest BCUT2D eigenvalue weighted by Crippen LogP contribution is 2.31. The molecule has 0 saturated heterocycles. The van der Waals surface area contributed by atoms with Crippen molar-refractivity contribution < 1.29 is 27.4 Å². The van der Waals surface area contributed by atoms with Gasteiger partial charge in [-0.2, -0.15) is 0 Å². The first-order valence-corrected chi connectivity index (χ1v) is 10.1. The van der Waals surface area contributed by atoms with E-state index >= 15 is 0 Å². The molecule has 1 aliphatic heterocycles. The van der Waals surface area contributed by atoms with Crippen LogP contribution in [0.3, 0.4) is 0 Å². The Kier molecular flexibility index (Phi) is 5.48. The maximum Gasteiger partial charge on any atom is 0.254 e. The SMILES string of the molecule is COc1cc(CN2CCc3cc(S(N)(=O)=O)c(OC)cc3C2=O)cc(OC)c1. The number of amides is 1. The lowest BCUT2D eigenvalue weighted by Gasteiger charge is -2.29. The van der Waals surface area contributed by atoms with Crippen molar-refractivity contribution in [3.8, 4) is 17.2 Å². The van der Waals surface area contributed by atoms with Gasteiger partial charge in [-0.15, -0.1) is 0 Å². The molecule has 2 aromatic carbocycles. The fourth-order valence-electron chi connectivity index (χ4n) is 3.25. The highest BCUT2D eigenvalue weighted by molar-refractivity contribution is 7.89. The molecular weight excluding hydrogens is 384 g/mol. The molecule has 8 nitrogen and oxygen atoms in total. The molecule has 0 atom stereocenters. The number of methoxy groups -OCH3 is 3. The van der Waals surface area contributed by atoms with E-state index in [0.717, 1.165) is 5.56 Å². The van der Waals surface area contributed by atoms with E-state index in [2.05, 4.69) is 0 Å². The fourth-order valence-corrected chi connectivity index (χ4v) is 3.98. The number of rotatable bonds is 6. The summed E-state index contributed by atoms with van der Waals surface area (Å²) < 4.78 is 39.3. The van der Waals surface area contributed by atoms with Crippen molar-refractivity contribution in [3.63, 3.8) is 0 Å². The minimum absolute atomic E-state index is 0.0551. The number of nitrogens with zero attached hydrogens (tertiary/aromatic N) is 1. The first kappa shape index (κ1) is 20.0. The predicted octanol–water partition coefficient (Wildman–Crippen LogP) is 1.56. The Morgan fingerprint density at radius 1 is 1.00 bits per heavy atom. The van der Waals surface area contributed by atoms with E-state index in [1.807, 2.05) is 12.1 Å². The maximum absolute atomic E-state index is 13.0. The zero-order valence-corrected chi connectivity index (χ0v) is 16.7. The van der Waals surface area contributed by atoms with E-state index in [0.29, 0.717) is 42.1 Å². The number of sulfonamides is 1. The molecule has 3 rings (SSSR count). The maximum atomic E-state index is 13.0. The number of carbonyl (C=O) groups excluding carboxylic acids is 1. The quantitative estimate of drug-likeness (QED) is 0.780. The molecule has 9 heteroatoms. The van der Waals surface area contributed by atoms with Crippen LogP contribution in [-0.2, 0) is 23.0 Å². The summed E-state index contributed by atoms with van der Waals surface area (Å²) in [7, 11) is 0.517. The molecule has 1 aliphatic rings. The van der Waals surface area contributed by atoms with Gasteiger partial charge in [-0.05, 0) is 41.8 Å². The Morgan fingerprint density at radius 3 is 2.18 bits per heavy atom. The van der Waals surface area contributed by atoms with Crippen LogP contribution in [0.1, 0.15) is 21.5 Å². The van der Waals surface area contributed by atoms with Crippen molar-refractivity contribution in [2.75, 3.05) is 27.9 Å². The molecule has 0 aliphatic carbocycles.